The number of nitrogens with zero attached hydrogens (tertiary/aromatic N) is 4. The minimum absolute atomic E-state index is 0. The number of pyridine rings is 3. The Hall–Kier alpha value is -7.11. The molecule has 0 aliphatic carbocycles. The third-order valence-electron chi connectivity index (χ3n) is 11.0. The molecule has 0 spiro atoms. The third-order valence-corrected chi connectivity index (χ3v) is 11.0. The van der Waals surface area contributed by atoms with Crippen LogP contribution in [0.3, 0.4) is 0 Å². The Balaban J connectivity index is 0.00000490. The Bertz CT molecular complexity index is 2920. The Morgan fingerprint density at radius 3 is 1.47 bits per heavy atom. The molecule has 10 rings (SSSR count). The van der Waals surface area contributed by atoms with Crippen molar-refractivity contribution < 1.29 is 24.5 Å². The molecule has 4 aromatic heterocycles. The minimum atomic E-state index is 0. The smallest absolute Gasteiger partial charge is 0.436 e. The van der Waals surface area contributed by atoms with Crippen LogP contribution in [0.15, 0.2) is 193 Å². The zero-order chi connectivity index (χ0) is 40.8. The molecule has 0 aliphatic heterocycles. The maximum absolute atomic E-state index is 6.44. The van der Waals surface area contributed by atoms with Crippen LogP contribution in [0.5, 0.6) is 0 Å². The molecule has 4 heterocycles. The summed E-state index contributed by atoms with van der Waals surface area (Å²) in [5.41, 5.74) is 17.1. The van der Waals surface area contributed by atoms with Gasteiger partial charge in [-0.25, -0.2) is 4.98 Å². The van der Waals surface area contributed by atoms with Crippen LogP contribution in [-0.2, 0) is 45.8 Å². The molecule has 0 saturated heterocycles. The van der Waals surface area contributed by atoms with E-state index in [9.17, 15) is 0 Å². The van der Waals surface area contributed by atoms with Crippen molar-refractivity contribution in [2.45, 2.75) is 25.7 Å². The molecular formula is C56H39IrN4O. The first-order valence-corrected chi connectivity index (χ1v) is 20.6. The summed E-state index contributed by atoms with van der Waals surface area (Å²) in [6, 6.07) is 67.9. The van der Waals surface area contributed by atoms with Gasteiger partial charge in [-0.05, 0) is 93.8 Å². The average molecular weight is 976 g/mol. The van der Waals surface area contributed by atoms with Crippen LogP contribution >= 0.6 is 0 Å². The van der Waals surface area contributed by atoms with Crippen LogP contribution in [0.25, 0.3) is 78.6 Å². The molecule has 0 radical (unpaired) electrons. The molecule has 0 amide bonds. The van der Waals surface area contributed by atoms with Crippen LogP contribution in [-0.4, -0.2) is 19.9 Å². The predicted molar refractivity (Wildman–Crippen MR) is 244 cm³/mol. The summed E-state index contributed by atoms with van der Waals surface area (Å²) in [6.45, 7) is 0. The summed E-state index contributed by atoms with van der Waals surface area (Å²) in [5.74, 6) is 0.551. The van der Waals surface area contributed by atoms with E-state index in [1.807, 2.05) is 116 Å². The number of rotatable bonds is 12. The number of oxazole rings is 1. The Morgan fingerprint density at radius 1 is 0.403 bits per heavy atom. The van der Waals surface area contributed by atoms with Crippen LogP contribution in [0, 0.1) is 18.2 Å². The molecule has 0 atom stereocenters. The average Bonchev–Trinajstić information content (AvgIpc) is 3.78. The molecular weight excluding hydrogens is 937 g/mol. The number of aryl methyl sites for hydroxylation is 4. The molecule has 298 valence electrons. The monoisotopic (exact) mass is 976 g/mol. The van der Waals surface area contributed by atoms with Gasteiger partial charge in [-0.1, -0.05) is 84.9 Å². The maximum Gasteiger partial charge on any atom is 3.00 e. The topological polar surface area (TPSA) is 64.7 Å². The summed E-state index contributed by atoms with van der Waals surface area (Å²) < 4.78 is 6.44. The zero-order valence-corrected chi connectivity index (χ0v) is 36.2. The van der Waals surface area contributed by atoms with Gasteiger partial charge in [-0.15, -0.1) is 108 Å². The van der Waals surface area contributed by atoms with Crippen molar-refractivity contribution in [3.05, 3.63) is 229 Å². The van der Waals surface area contributed by atoms with Gasteiger partial charge in [0.1, 0.15) is 5.52 Å². The van der Waals surface area contributed by atoms with E-state index in [0.29, 0.717) is 5.89 Å². The summed E-state index contributed by atoms with van der Waals surface area (Å²) in [6.07, 6.45) is 9.41. The fraction of sp³-hybridized carbons (Fsp3) is 0.0714. The van der Waals surface area contributed by atoms with Gasteiger partial charge in [0, 0.05) is 29.7 Å². The Morgan fingerprint density at radius 2 is 0.919 bits per heavy atom. The van der Waals surface area contributed by atoms with E-state index in [0.717, 1.165) is 98.4 Å². The van der Waals surface area contributed by atoms with E-state index < -0.39 is 0 Å². The fourth-order valence-corrected chi connectivity index (χ4v) is 7.86. The zero-order valence-electron chi connectivity index (χ0n) is 33.8. The molecule has 62 heavy (non-hydrogen) atoms. The number of hydrogen-bond acceptors (Lipinski definition) is 5. The second-order valence-electron chi connectivity index (χ2n) is 15.1. The summed E-state index contributed by atoms with van der Waals surface area (Å²) in [5, 5.41) is 0. The SMILES string of the molecule is [Ir+3].[c-]1ccccc1-c1ccc(CCc2cc(CCc3ccc(-c4[c-]cccc4)nc3)cc(-c3ccccc3-c3cnc(-c4[c-]cccc4)cc3-c3nc4ccccc4o3)c2)cn1. The normalized spacial score (nSPS) is 11.0. The quantitative estimate of drug-likeness (QED) is 0.114. The van der Waals surface area contributed by atoms with Gasteiger partial charge in [-0.2, -0.15) is 0 Å². The van der Waals surface area contributed by atoms with Crippen molar-refractivity contribution in [1.29, 1.82) is 0 Å². The predicted octanol–water partition coefficient (Wildman–Crippen LogP) is 13.0. The van der Waals surface area contributed by atoms with E-state index >= 15 is 0 Å². The van der Waals surface area contributed by atoms with E-state index in [1.54, 1.807) is 0 Å². The van der Waals surface area contributed by atoms with E-state index in [2.05, 4.69) is 91.0 Å². The van der Waals surface area contributed by atoms with Crippen molar-refractivity contribution in [2.24, 2.45) is 0 Å². The van der Waals surface area contributed by atoms with Gasteiger partial charge in [0.2, 0.25) is 5.89 Å². The Kier molecular flexibility index (Phi) is 12.1. The molecule has 0 saturated carbocycles. The number of benzene rings is 6. The summed E-state index contributed by atoms with van der Waals surface area (Å²) in [7, 11) is 0. The van der Waals surface area contributed by atoms with Gasteiger partial charge in [0.15, 0.2) is 5.58 Å². The number of para-hydroxylation sites is 2. The molecule has 5 nitrogen and oxygen atoms in total. The molecule has 0 aliphatic rings. The molecule has 6 aromatic carbocycles. The molecule has 0 unspecified atom stereocenters. The van der Waals surface area contributed by atoms with Crippen molar-refractivity contribution in [3.8, 4) is 67.5 Å². The van der Waals surface area contributed by atoms with E-state index in [-0.39, 0.29) is 20.1 Å². The molecule has 6 heteroatoms. The van der Waals surface area contributed by atoms with Gasteiger partial charge < -0.3 is 19.4 Å². The minimum Gasteiger partial charge on any atom is -0.436 e. The third kappa shape index (κ3) is 8.99. The van der Waals surface area contributed by atoms with Crippen LogP contribution < -0.4 is 0 Å². The maximum atomic E-state index is 6.44. The van der Waals surface area contributed by atoms with E-state index in [1.165, 1.54) is 22.3 Å². The van der Waals surface area contributed by atoms with Crippen molar-refractivity contribution in [2.75, 3.05) is 0 Å². The number of fused-ring (bicyclic) bond motifs is 1. The van der Waals surface area contributed by atoms with Crippen molar-refractivity contribution >= 4 is 11.1 Å². The second kappa shape index (κ2) is 18.7. The second-order valence-corrected chi connectivity index (χ2v) is 15.1. The first-order valence-electron chi connectivity index (χ1n) is 20.6. The van der Waals surface area contributed by atoms with E-state index in [4.69, 9.17) is 24.4 Å². The van der Waals surface area contributed by atoms with Crippen LogP contribution in [0.1, 0.15) is 22.3 Å². The molecule has 0 bridgehead atoms. The van der Waals surface area contributed by atoms with Gasteiger partial charge >= 0.3 is 20.1 Å². The first-order chi connectivity index (χ1) is 30.2. The van der Waals surface area contributed by atoms with Crippen molar-refractivity contribution in [3.63, 3.8) is 0 Å². The first kappa shape index (κ1) is 40.3. The largest absolute Gasteiger partial charge is 3.00 e. The number of hydrogen-bond donors (Lipinski definition) is 0. The van der Waals surface area contributed by atoms with Gasteiger partial charge in [-0.3, -0.25) is 0 Å². The summed E-state index contributed by atoms with van der Waals surface area (Å²) >= 11 is 0. The molecule has 0 fully saturated rings. The van der Waals surface area contributed by atoms with Crippen molar-refractivity contribution in [1.82, 2.24) is 19.9 Å². The number of aromatic nitrogens is 4. The standard InChI is InChI=1S/C56H39N4O.Ir/c1-4-14-43(15-5-1)51-30-28-39(36-57-51)24-26-41-32-42(27-25-40-29-31-52(58-37-40)44-16-6-2-7-17-44)34-46(33-41)47-20-10-11-21-48(47)50-38-59-54(45-18-8-3-9-19-45)35-49(50)56-60-53-22-12-13-23-55(53)61-56;/h1-14,16,18,20-23,28-38H,24-27H2;/q-3;+3. The fourth-order valence-electron chi connectivity index (χ4n) is 7.86. The Labute approximate surface area is 375 Å². The van der Waals surface area contributed by atoms with Gasteiger partial charge in [0.05, 0.1) is 0 Å². The van der Waals surface area contributed by atoms with Crippen LogP contribution in [0.2, 0.25) is 0 Å². The van der Waals surface area contributed by atoms with Gasteiger partial charge in [0.25, 0.3) is 0 Å². The summed E-state index contributed by atoms with van der Waals surface area (Å²) in [4.78, 5) is 19.5. The molecule has 0 N–H and O–H groups in total. The molecule has 10 aromatic rings. The van der Waals surface area contributed by atoms with Crippen LogP contribution in [0.4, 0.5) is 0 Å².